The van der Waals surface area contributed by atoms with Crippen molar-refractivity contribution in [3.63, 3.8) is 0 Å². The Morgan fingerprint density at radius 1 is 1.08 bits per heavy atom. The summed E-state index contributed by atoms with van der Waals surface area (Å²) in [5, 5.41) is 8.76. The Kier molecular flexibility index (Phi) is 6.04. The molecule has 0 saturated carbocycles. The molecular formula is C17H22N2O5S. The highest BCUT2D eigenvalue weighted by molar-refractivity contribution is 7.99. The summed E-state index contributed by atoms with van der Waals surface area (Å²) in [6.07, 6.45) is 3.70. The highest BCUT2D eigenvalue weighted by Gasteiger charge is 2.19. The SMILES string of the molecule is COc1cc(-c2nnc(SCC3CCCCO3)o2)cc(OC)c1OC. The molecule has 8 heteroatoms. The third-order valence-electron chi connectivity index (χ3n) is 3.98. The maximum Gasteiger partial charge on any atom is 0.276 e. The minimum Gasteiger partial charge on any atom is -0.493 e. The molecule has 1 aliphatic rings. The molecule has 7 nitrogen and oxygen atoms in total. The third-order valence-corrected chi connectivity index (χ3v) is 4.94. The molecule has 3 rings (SSSR count). The topological polar surface area (TPSA) is 75.8 Å². The van der Waals surface area contributed by atoms with E-state index in [0.29, 0.717) is 33.9 Å². The maximum absolute atomic E-state index is 5.77. The number of methoxy groups -OCH3 is 3. The summed E-state index contributed by atoms with van der Waals surface area (Å²) < 4.78 is 27.5. The molecule has 0 N–H and O–H groups in total. The van der Waals surface area contributed by atoms with Gasteiger partial charge in [0.1, 0.15) is 0 Å². The molecule has 1 atom stereocenters. The zero-order valence-electron chi connectivity index (χ0n) is 14.6. The standard InChI is InChI=1S/C17H22N2O5S/c1-20-13-8-11(9-14(21-2)15(13)22-3)16-18-19-17(24-16)25-10-12-6-4-5-7-23-12/h8-9,12H,4-7,10H2,1-3H3. The van der Waals surface area contributed by atoms with E-state index in [-0.39, 0.29) is 6.10 Å². The van der Waals surface area contributed by atoms with Gasteiger partial charge in [0, 0.05) is 17.9 Å². The molecule has 0 bridgehead atoms. The number of nitrogens with zero attached hydrogens (tertiary/aromatic N) is 2. The minimum absolute atomic E-state index is 0.260. The number of rotatable bonds is 7. The highest BCUT2D eigenvalue weighted by atomic mass is 32.2. The first-order valence-electron chi connectivity index (χ1n) is 8.13. The second-order valence-corrected chi connectivity index (χ2v) is 6.56. The van der Waals surface area contributed by atoms with Gasteiger partial charge in [-0.1, -0.05) is 11.8 Å². The van der Waals surface area contributed by atoms with Crippen LogP contribution in [0.2, 0.25) is 0 Å². The lowest BCUT2D eigenvalue weighted by molar-refractivity contribution is 0.0314. The summed E-state index contributed by atoms with van der Waals surface area (Å²) in [4.78, 5) is 0. The van der Waals surface area contributed by atoms with Crippen molar-refractivity contribution in [2.45, 2.75) is 30.6 Å². The molecule has 25 heavy (non-hydrogen) atoms. The van der Waals surface area contributed by atoms with Gasteiger partial charge in [-0.3, -0.25) is 0 Å². The fourth-order valence-electron chi connectivity index (χ4n) is 2.69. The number of hydrogen-bond donors (Lipinski definition) is 0. The van der Waals surface area contributed by atoms with Crippen LogP contribution in [0.5, 0.6) is 17.2 Å². The van der Waals surface area contributed by atoms with Crippen molar-refractivity contribution in [2.24, 2.45) is 0 Å². The number of ether oxygens (including phenoxy) is 4. The highest BCUT2D eigenvalue weighted by Crippen LogP contribution is 2.41. The first-order valence-corrected chi connectivity index (χ1v) is 9.12. The molecule has 2 aromatic rings. The van der Waals surface area contributed by atoms with Crippen molar-refractivity contribution >= 4 is 11.8 Å². The molecule has 0 aliphatic carbocycles. The number of hydrogen-bond acceptors (Lipinski definition) is 8. The molecule has 1 aliphatic heterocycles. The van der Waals surface area contributed by atoms with Gasteiger partial charge in [-0.05, 0) is 31.4 Å². The Bertz CT molecular complexity index is 675. The van der Waals surface area contributed by atoms with Crippen LogP contribution in [0.25, 0.3) is 11.5 Å². The fraction of sp³-hybridized carbons (Fsp3) is 0.529. The van der Waals surface area contributed by atoms with Gasteiger partial charge in [0.05, 0.1) is 27.4 Å². The molecule has 0 amide bonds. The second-order valence-electron chi connectivity index (χ2n) is 5.59. The van der Waals surface area contributed by atoms with Crippen LogP contribution in [0.3, 0.4) is 0 Å². The number of thioether (sulfide) groups is 1. The van der Waals surface area contributed by atoms with E-state index in [1.807, 2.05) is 0 Å². The molecule has 136 valence electrons. The summed E-state index contributed by atoms with van der Waals surface area (Å²) in [5.74, 6) is 2.83. The van der Waals surface area contributed by atoms with Gasteiger partial charge >= 0.3 is 0 Å². The van der Waals surface area contributed by atoms with Crippen molar-refractivity contribution in [2.75, 3.05) is 33.7 Å². The first kappa shape index (κ1) is 17.9. The smallest absolute Gasteiger partial charge is 0.276 e. The van der Waals surface area contributed by atoms with E-state index in [4.69, 9.17) is 23.4 Å². The lowest BCUT2D eigenvalue weighted by Gasteiger charge is -2.21. The average molecular weight is 366 g/mol. The molecule has 1 aromatic heterocycles. The summed E-state index contributed by atoms with van der Waals surface area (Å²) in [6, 6.07) is 3.57. The van der Waals surface area contributed by atoms with Crippen LogP contribution < -0.4 is 14.2 Å². The van der Waals surface area contributed by atoms with Gasteiger partial charge in [0.15, 0.2) is 11.5 Å². The van der Waals surface area contributed by atoms with E-state index in [1.54, 1.807) is 33.5 Å². The normalized spacial score (nSPS) is 17.3. The Morgan fingerprint density at radius 3 is 2.44 bits per heavy atom. The summed E-state index contributed by atoms with van der Waals surface area (Å²) in [6.45, 7) is 0.839. The molecule has 1 aromatic carbocycles. The predicted octanol–water partition coefficient (Wildman–Crippen LogP) is 3.42. The summed E-state index contributed by atoms with van der Waals surface area (Å²) in [5.41, 5.74) is 0.711. The lowest BCUT2D eigenvalue weighted by Crippen LogP contribution is -2.21. The number of benzene rings is 1. The van der Waals surface area contributed by atoms with Gasteiger partial charge in [-0.25, -0.2) is 0 Å². The molecule has 0 spiro atoms. The van der Waals surface area contributed by atoms with Crippen LogP contribution in [0, 0.1) is 0 Å². The van der Waals surface area contributed by atoms with Crippen LogP contribution in [0.15, 0.2) is 21.8 Å². The molecule has 2 heterocycles. The van der Waals surface area contributed by atoms with Gasteiger partial charge in [0.25, 0.3) is 5.22 Å². The zero-order valence-corrected chi connectivity index (χ0v) is 15.4. The van der Waals surface area contributed by atoms with Crippen molar-refractivity contribution in [3.8, 4) is 28.7 Å². The van der Waals surface area contributed by atoms with Crippen molar-refractivity contribution in [1.82, 2.24) is 10.2 Å². The van der Waals surface area contributed by atoms with E-state index in [9.17, 15) is 0 Å². The predicted molar refractivity (Wildman–Crippen MR) is 93.7 cm³/mol. The van der Waals surface area contributed by atoms with E-state index in [2.05, 4.69) is 10.2 Å². The fourth-order valence-corrected chi connectivity index (χ4v) is 3.52. The van der Waals surface area contributed by atoms with E-state index >= 15 is 0 Å². The Morgan fingerprint density at radius 2 is 1.84 bits per heavy atom. The van der Waals surface area contributed by atoms with Crippen LogP contribution in [0.4, 0.5) is 0 Å². The van der Waals surface area contributed by atoms with Crippen molar-refractivity contribution < 1.29 is 23.4 Å². The summed E-state index contributed by atoms with van der Waals surface area (Å²) in [7, 11) is 4.70. The molecule has 1 saturated heterocycles. The third kappa shape index (κ3) is 4.19. The van der Waals surface area contributed by atoms with Gasteiger partial charge in [-0.15, -0.1) is 10.2 Å². The van der Waals surface area contributed by atoms with Crippen LogP contribution in [-0.4, -0.2) is 50.0 Å². The van der Waals surface area contributed by atoms with Crippen molar-refractivity contribution in [3.05, 3.63) is 12.1 Å². The van der Waals surface area contributed by atoms with E-state index < -0.39 is 0 Å². The quantitative estimate of drug-likeness (QED) is 0.690. The van der Waals surface area contributed by atoms with Gasteiger partial charge in [0.2, 0.25) is 11.6 Å². The average Bonchev–Trinajstić information content (AvgIpc) is 3.15. The van der Waals surface area contributed by atoms with E-state index in [0.717, 1.165) is 25.2 Å². The van der Waals surface area contributed by atoms with Gasteiger partial charge < -0.3 is 23.4 Å². The Hall–Kier alpha value is -1.93. The Balaban J connectivity index is 1.74. The van der Waals surface area contributed by atoms with Crippen LogP contribution >= 0.6 is 11.8 Å². The zero-order chi connectivity index (χ0) is 17.6. The lowest BCUT2D eigenvalue weighted by atomic mass is 10.1. The molecule has 1 unspecified atom stereocenters. The minimum atomic E-state index is 0.260. The van der Waals surface area contributed by atoms with Crippen molar-refractivity contribution in [1.29, 1.82) is 0 Å². The Labute approximate surface area is 151 Å². The number of aromatic nitrogens is 2. The monoisotopic (exact) mass is 366 g/mol. The second kappa shape index (κ2) is 8.44. The van der Waals surface area contributed by atoms with Crippen LogP contribution in [0.1, 0.15) is 19.3 Å². The molecule has 1 fully saturated rings. The largest absolute Gasteiger partial charge is 0.493 e. The van der Waals surface area contributed by atoms with E-state index in [1.165, 1.54) is 18.2 Å². The molecule has 0 radical (unpaired) electrons. The summed E-state index contributed by atoms with van der Waals surface area (Å²) >= 11 is 1.52. The first-order chi connectivity index (χ1) is 12.2. The van der Waals surface area contributed by atoms with Crippen LogP contribution in [-0.2, 0) is 4.74 Å². The maximum atomic E-state index is 5.77. The molecular weight excluding hydrogens is 344 g/mol. The van der Waals surface area contributed by atoms with Gasteiger partial charge in [-0.2, -0.15) is 0 Å².